The van der Waals surface area contributed by atoms with Crippen molar-refractivity contribution in [3.63, 3.8) is 0 Å². The molecule has 0 aromatic heterocycles. The molecule has 98 valence electrons. The number of halogens is 1. The number of methoxy groups -OCH3 is 1. The van der Waals surface area contributed by atoms with Crippen LogP contribution >= 0.6 is 11.6 Å². The van der Waals surface area contributed by atoms with Gasteiger partial charge in [0.05, 0.1) is 18.4 Å². The number of carbonyl (C=O) groups excluding carboxylic acids is 1. The molecule has 0 aliphatic heterocycles. The Labute approximate surface area is 117 Å². The van der Waals surface area contributed by atoms with Gasteiger partial charge in [-0.25, -0.2) is 4.79 Å². The van der Waals surface area contributed by atoms with E-state index in [0.717, 1.165) is 5.69 Å². The summed E-state index contributed by atoms with van der Waals surface area (Å²) in [5, 5.41) is 0.574. The number of ether oxygens (including phenoxy) is 1. The third-order valence-corrected chi connectivity index (χ3v) is 3.11. The largest absolute Gasteiger partial charge is 0.465 e. The average molecular weight is 276 g/mol. The van der Waals surface area contributed by atoms with E-state index in [1.165, 1.54) is 7.11 Å². The zero-order valence-electron chi connectivity index (χ0n) is 10.8. The summed E-state index contributed by atoms with van der Waals surface area (Å²) in [6.07, 6.45) is 0. The van der Waals surface area contributed by atoms with E-state index in [4.69, 9.17) is 16.3 Å². The molecule has 0 amide bonds. The first-order valence-corrected chi connectivity index (χ1v) is 6.18. The highest BCUT2D eigenvalue weighted by atomic mass is 35.5. The number of nitrogens with zero attached hydrogens (tertiary/aromatic N) is 1. The van der Waals surface area contributed by atoms with Crippen LogP contribution in [-0.2, 0) is 4.74 Å². The van der Waals surface area contributed by atoms with Crippen molar-refractivity contribution < 1.29 is 9.53 Å². The van der Waals surface area contributed by atoms with Crippen molar-refractivity contribution in [1.29, 1.82) is 0 Å². The number of carbonyl (C=O) groups is 1. The van der Waals surface area contributed by atoms with E-state index >= 15 is 0 Å². The molecule has 0 aliphatic rings. The summed E-state index contributed by atoms with van der Waals surface area (Å²) < 4.78 is 4.79. The molecule has 0 spiro atoms. The van der Waals surface area contributed by atoms with Gasteiger partial charge in [0.15, 0.2) is 0 Å². The van der Waals surface area contributed by atoms with Gasteiger partial charge in [0.2, 0.25) is 0 Å². The lowest BCUT2D eigenvalue weighted by Crippen LogP contribution is -2.14. The highest BCUT2D eigenvalue weighted by molar-refractivity contribution is 6.31. The van der Waals surface area contributed by atoms with E-state index in [0.29, 0.717) is 16.3 Å². The quantitative estimate of drug-likeness (QED) is 0.796. The van der Waals surface area contributed by atoms with Gasteiger partial charge in [-0.2, -0.15) is 0 Å². The van der Waals surface area contributed by atoms with Crippen molar-refractivity contribution in [2.75, 3.05) is 19.1 Å². The normalized spacial score (nSPS) is 10.1. The van der Waals surface area contributed by atoms with Crippen LogP contribution in [0, 0.1) is 0 Å². The van der Waals surface area contributed by atoms with Crippen LogP contribution in [0.1, 0.15) is 10.4 Å². The summed E-state index contributed by atoms with van der Waals surface area (Å²) in [5.74, 6) is -0.380. The summed E-state index contributed by atoms with van der Waals surface area (Å²) in [6, 6.07) is 14.8. The van der Waals surface area contributed by atoms with Gasteiger partial charge in [-0.15, -0.1) is 0 Å². The van der Waals surface area contributed by atoms with Gasteiger partial charge in [0.1, 0.15) is 0 Å². The topological polar surface area (TPSA) is 29.5 Å². The fourth-order valence-electron chi connectivity index (χ4n) is 1.86. The van der Waals surface area contributed by atoms with Crippen molar-refractivity contribution >= 4 is 28.9 Å². The van der Waals surface area contributed by atoms with Gasteiger partial charge in [0.25, 0.3) is 0 Å². The SMILES string of the molecule is COC(=O)c1ccc(Cl)cc1N(C)c1ccccc1. The van der Waals surface area contributed by atoms with Crippen LogP contribution in [0.25, 0.3) is 0 Å². The second-order valence-corrected chi connectivity index (χ2v) is 4.48. The smallest absolute Gasteiger partial charge is 0.339 e. The number of para-hydroxylation sites is 1. The van der Waals surface area contributed by atoms with Crippen LogP contribution in [-0.4, -0.2) is 20.1 Å². The van der Waals surface area contributed by atoms with Crippen LogP contribution in [0.5, 0.6) is 0 Å². The molecule has 0 N–H and O–H groups in total. The summed E-state index contributed by atoms with van der Waals surface area (Å²) in [7, 11) is 3.25. The van der Waals surface area contributed by atoms with Crippen molar-refractivity contribution in [2.45, 2.75) is 0 Å². The van der Waals surface area contributed by atoms with Crippen LogP contribution in [0.15, 0.2) is 48.5 Å². The molecule has 0 unspecified atom stereocenters. The molecule has 2 aromatic carbocycles. The molecule has 0 saturated carbocycles. The van der Waals surface area contributed by atoms with Gasteiger partial charge in [-0.05, 0) is 30.3 Å². The van der Waals surface area contributed by atoms with E-state index in [9.17, 15) is 4.79 Å². The minimum atomic E-state index is -0.380. The molecule has 0 aliphatic carbocycles. The van der Waals surface area contributed by atoms with E-state index < -0.39 is 0 Å². The predicted octanol–water partition coefficient (Wildman–Crippen LogP) is 3.89. The summed E-state index contributed by atoms with van der Waals surface area (Å²) >= 11 is 6.02. The molecular weight excluding hydrogens is 262 g/mol. The fourth-order valence-corrected chi connectivity index (χ4v) is 2.02. The third kappa shape index (κ3) is 2.88. The molecule has 4 heteroatoms. The molecule has 0 bridgehead atoms. The maximum atomic E-state index is 11.8. The summed E-state index contributed by atoms with van der Waals surface area (Å²) in [6.45, 7) is 0. The second-order valence-electron chi connectivity index (χ2n) is 4.05. The first-order chi connectivity index (χ1) is 9.13. The summed E-state index contributed by atoms with van der Waals surface area (Å²) in [5.41, 5.74) is 2.17. The second kappa shape index (κ2) is 5.76. The van der Waals surface area contributed by atoms with E-state index in [1.54, 1.807) is 18.2 Å². The molecule has 0 saturated heterocycles. The van der Waals surface area contributed by atoms with Gasteiger partial charge < -0.3 is 9.64 Å². The zero-order chi connectivity index (χ0) is 13.8. The summed E-state index contributed by atoms with van der Waals surface area (Å²) in [4.78, 5) is 13.7. The molecule has 0 radical (unpaired) electrons. The standard InChI is InChI=1S/C15H14ClNO2/c1-17(12-6-4-3-5-7-12)14-10-11(16)8-9-13(14)15(18)19-2/h3-10H,1-2H3. The Balaban J connectivity index is 2.49. The van der Waals surface area contributed by atoms with Crippen LogP contribution in [0.4, 0.5) is 11.4 Å². The van der Waals surface area contributed by atoms with E-state index in [1.807, 2.05) is 42.3 Å². The van der Waals surface area contributed by atoms with Gasteiger partial charge >= 0.3 is 5.97 Å². The maximum Gasteiger partial charge on any atom is 0.339 e. The number of rotatable bonds is 3. The molecule has 19 heavy (non-hydrogen) atoms. The van der Waals surface area contributed by atoms with Gasteiger partial charge in [-0.1, -0.05) is 29.8 Å². The number of hydrogen-bond donors (Lipinski definition) is 0. The molecule has 0 heterocycles. The molecule has 2 rings (SSSR count). The Kier molecular flexibility index (Phi) is 4.07. The Morgan fingerprint density at radius 1 is 1.16 bits per heavy atom. The van der Waals surface area contributed by atoms with E-state index in [2.05, 4.69) is 0 Å². The highest BCUT2D eigenvalue weighted by Crippen LogP contribution is 2.30. The minimum Gasteiger partial charge on any atom is -0.465 e. The average Bonchev–Trinajstić information content (AvgIpc) is 2.46. The van der Waals surface area contributed by atoms with Gasteiger partial charge in [-0.3, -0.25) is 0 Å². The van der Waals surface area contributed by atoms with Crippen LogP contribution in [0.3, 0.4) is 0 Å². The van der Waals surface area contributed by atoms with E-state index in [-0.39, 0.29) is 5.97 Å². The highest BCUT2D eigenvalue weighted by Gasteiger charge is 2.16. The molecule has 0 fully saturated rings. The zero-order valence-corrected chi connectivity index (χ0v) is 11.5. The van der Waals surface area contributed by atoms with Crippen LogP contribution in [0.2, 0.25) is 5.02 Å². The molecule has 0 atom stereocenters. The van der Waals surface area contributed by atoms with Crippen molar-refractivity contribution in [2.24, 2.45) is 0 Å². The monoisotopic (exact) mass is 275 g/mol. The fraction of sp³-hybridized carbons (Fsp3) is 0.133. The van der Waals surface area contributed by atoms with Gasteiger partial charge in [0, 0.05) is 17.8 Å². The van der Waals surface area contributed by atoms with Crippen molar-refractivity contribution in [3.8, 4) is 0 Å². The van der Waals surface area contributed by atoms with Crippen molar-refractivity contribution in [1.82, 2.24) is 0 Å². The number of hydrogen-bond acceptors (Lipinski definition) is 3. The Morgan fingerprint density at radius 2 is 1.84 bits per heavy atom. The Bertz CT molecular complexity index is 584. The van der Waals surface area contributed by atoms with Crippen molar-refractivity contribution in [3.05, 3.63) is 59.1 Å². The third-order valence-electron chi connectivity index (χ3n) is 2.87. The Hall–Kier alpha value is -2.00. The first-order valence-electron chi connectivity index (χ1n) is 5.80. The first kappa shape index (κ1) is 13.4. The predicted molar refractivity (Wildman–Crippen MR) is 77.3 cm³/mol. The number of anilines is 2. The number of benzene rings is 2. The molecule has 2 aromatic rings. The maximum absolute atomic E-state index is 11.8. The molecular formula is C15H14ClNO2. The lowest BCUT2D eigenvalue weighted by Gasteiger charge is -2.22. The lowest BCUT2D eigenvalue weighted by atomic mass is 10.1. The minimum absolute atomic E-state index is 0.380. The lowest BCUT2D eigenvalue weighted by molar-refractivity contribution is 0.0601. The van der Waals surface area contributed by atoms with Crippen LogP contribution < -0.4 is 4.90 Å². The molecule has 3 nitrogen and oxygen atoms in total. The Morgan fingerprint density at radius 3 is 2.47 bits per heavy atom. The number of esters is 1.